The Bertz CT molecular complexity index is 446. The lowest BCUT2D eigenvalue weighted by Crippen LogP contribution is -2.42. The van der Waals surface area contributed by atoms with Gasteiger partial charge in [0.05, 0.1) is 12.8 Å². The monoisotopic (exact) mass is 223 g/mol. The number of carbonyl (C=O) groups is 1. The van der Waals surface area contributed by atoms with Gasteiger partial charge in [-0.25, -0.2) is 0 Å². The molecule has 1 aromatic carbocycles. The van der Waals surface area contributed by atoms with Crippen LogP contribution in [-0.2, 0) is 9.68 Å². The Morgan fingerprint density at radius 1 is 1.50 bits per heavy atom. The van der Waals surface area contributed by atoms with E-state index < -0.39 is 6.16 Å². The number of methoxy groups -OCH3 is 1. The number of anilines is 1. The number of guanidine groups is 1. The maximum atomic E-state index is 10.9. The molecule has 1 heterocycles. The van der Waals surface area contributed by atoms with Crippen LogP contribution in [0.3, 0.4) is 0 Å². The van der Waals surface area contributed by atoms with Crippen LogP contribution >= 0.6 is 0 Å². The third kappa shape index (κ3) is 1.83. The van der Waals surface area contributed by atoms with Crippen LogP contribution < -0.4 is 15.5 Å². The van der Waals surface area contributed by atoms with Gasteiger partial charge in [0.15, 0.2) is 0 Å². The van der Waals surface area contributed by atoms with E-state index in [1.54, 1.807) is 24.3 Å². The Kier molecular flexibility index (Phi) is 2.50. The van der Waals surface area contributed by atoms with E-state index in [4.69, 9.17) is 15.3 Å². The first-order valence-electron chi connectivity index (χ1n) is 4.37. The zero-order chi connectivity index (χ0) is 11.5. The Balaban J connectivity index is 2.32. The highest BCUT2D eigenvalue weighted by molar-refractivity contribution is 5.95. The van der Waals surface area contributed by atoms with Gasteiger partial charge in [0.1, 0.15) is 5.75 Å². The van der Waals surface area contributed by atoms with E-state index in [9.17, 15) is 4.79 Å². The van der Waals surface area contributed by atoms with Crippen LogP contribution in [0, 0.1) is 0 Å². The molecule has 0 radical (unpaired) electrons. The number of hydrogen-bond acceptors (Lipinski definition) is 7. The standard InChI is InChI=1S/C9H9N3O4/c1-14-7-4-2-3-6(5-7)12-8(10)11-15-9(13)16-12/h2-5H,1H3,(H2,10,11). The van der Waals surface area contributed by atoms with E-state index in [1.165, 1.54) is 7.11 Å². The summed E-state index contributed by atoms with van der Waals surface area (Å²) in [4.78, 5) is 19.8. The molecule has 0 saturated heterocycles. The first-order valence-corrected chi connectivity index (χ1v) is 4.37. The largest absolute Gasteiger partial charge is 0.561 e. The Labute approximate surface area is 90.9 Å². The van der Waals surface area contributed by atoms with Gasteiger partial charge in [-0.1, -0.05) is 6.07 Å². The highest BCUT2D eigenvalue weighted by atomic mass is 16.9. The molecule has 2 rings (SSSR count). The maximum Gasteiger partial charge on any atom is 0.561 e. The molecule has 0 aromatic heterocycles. The predicted octanol–water partition coefficient (Wildman–Crippen LogP) is 0.813. The van der Waals surface area contributed by atoms with Crippen molar-refractivity contribution in [2.24, 2.45) is 10.9 Å². The molecular weight excluding hydrogens is 214 g/mol. The van der Waals surface area contributed by atoms with Gasteiger partial charge in [-0.05, 0) is 17.3 Å². The van der Waals surface area contributed by atoms with Crippen molar-refractivity contribution in [1.82, 2.24) is 0 Å². The molecule has 0 fully saturated rings. The molecule has 0 amide bonds. The summed E-state index contributed by atoms with van der Waals surface area (Å²) in [5.74, 6) is 0.528. The van der Waals surface area contributed by atoms with Gasteiger partial charge in [0.25, 0.3) is 5.96 Å². The SMILES string of the molecule is COc1cccc(N2OC(=O)ON=C2N)c1. The summed E-state index contributed by atoms with van der Waals surface area (Å²) in [6.45, 7) is 0. The molecule has 84 valence electrons. The van der Waals surface area contributed by atoms with E-state index in [2.05, 4.69) is 9.99 Å². The molecule has 0 spiro atoms. The summed E-state index contributed by atoms with van der Waals surface area (Å²) in [7, 11) is 1.53. The third-order valence-corrected chi connectivity index (χ3v) is 1.88. The van der Waals surface area contributed by atoms with Gasteiger partial charge in [-0.3, -0.25) is 9.68 Å². The highest BCUT2D eigenvalue weighted by Crippen LogP contribution is 2.22. The number of rotatable bonds is 2. The van der Waals surface area contributed by atoms with Crippen LogP contribution in [0.4, 0.5) is 10.5 Å². The second-order valence-electron chi connectivity index (χ2n) is 2.88. The van der Waals surface area contributed by atoms with Crippen LogP contribution in [-0.4, -0.2) is 19.2 Å². The normalized spacial score (nSPS) is 14.9. The van der Waals surface area contributed by atoms with Crippen LogP contribution in [0.2, 0.25) is 0 Å². The molecule has 7 heteroatoms. The molecular formula is C9H9N3O4. The van der Waals surface area contributed by atoms with Gasteiger partial charge < -0.3 is 10.5 Å². The van der Waals surface area contributed by atoms with E-state index in [-0.39, 0.29) is 5.96 Å². The number of hydroxylamine groups is 1. The zero-order valence-corrected chi connectivity index (χ0v) is 8.41. The second-order valence-corrected chi connectivity index (χ2v) is 2.88. The topological polar surface area (TPSA) is 86.4 Å². The van der Waals surface area contributed by atoms with Gasteiger partial charge >= 0.3 is 6.16 Å². The van der Waals surface area contributed by atoms with Crippen molar-refractivity contribution >= 4 is 17.8 Å². The lowest BCUT2D eigenvalue weighted by molar-refractivity contribution is 0.0450. The third-order valence-electron chi connectivity index (χ3n) is 1.88. The quantitative estimate of drug-likeness (QED) is 0.746. The summed E-state index contributed by atoms with van der Waals surface area (Å²) in [5.41, 5.74) is 6.01. The maximum absolute atomic E-state index is 10.9. The van der Waals surface area contributed by atoms with Crippen molar-refractivity contribution in [3.8, 4) is 5.75 Å². The van der Waals surface area contributed by atoms with Crippen LogP contribution in [0.5, 0.6) is 5.75 Å². The van der Waals surface area contributed by atoms with Crippen LogP contribution in [0.25, 0.3) is 0 Å². The van der Waals surface area contributed by atoms with Crippen LogP contribution in [0.1, 0.15) is 0 Å². The highest BCUT2D eigenvalue weighted by Gasteiger charge is 2.24. The average Bonchev–Trinajstić information content (AvgIpc) is 2.32. The summed E-state index contributed by atoms with van der Waals surface area (Å²) in [6.07, 6.45) is -0.947. The molecule has 2 N–H and O–H groups in total. The molecule has 7 nitrogen and oxygen atoms in total. The Hall–Kier alpha value is -2.44. The lowest BCUT2D eigenvalue weighted by Gasteiger charge is -2.23. The Morgan fingerprint density at radius 3 is 3.06 bits per heavy atom. The number of oxime groups is 1. The van der Waals surface area contributed by atoms with Crippen LogP contribution in [0.15, 0.2) is 29.4 Å². The smallest absolute Gasteiger partial charge is 0.497 e. The number of nitrogens with two attached hydrogens (primary N) is 1. The molecule has 1 aliphatic heterocycles. The first-order chi connectivity index (χ1) is 7.70. The minimum atomic E-state index is -0.947. The van der Waals surface area contributed by atoms with Gasteiger partial charge in [-0.2, -0.15) is 4.79 Å². The second kappa shape index (κ2) is 3.97. The fourth-order valence-electron chi connectivity index (χ4n) is 1.18. The number of benzene rings is 1. The van der Waals surface area contributed by atoms with Crippen molar-refractivity contribution in [2.45, 2.75) is 0 Å². The molecule has 1 aliphatic rings. The van der Waals surface area contributed by atoms with E-state index in [0.29, 0.717) is 11.4 Å². The van der Waals surface area contributed by atoms with E-state index in [0.717, 1.165) is 5.06 Å². The average molecular weight is 223 g/mol. The summed E-state index contributed by atoms with van der Waals surface area (Å²) < 4.78 is 5.03. The molecule has 0 aliphatic carbocycles. The van der Waals surface area contributed by atoms with Gasteiger partial charge in [0, 0.05) is 6.07 Å². The minimum Gasteiger partial charge on any atom is -0.497 e. The zero-order valence-electron chi connectivity index (χ0n) is 8.41. The number of nitrogens with zero attached hydrogens (tertiary/aromatic N) is 2. The van der Waals surface area contributed by atoms with Crippen molar-refractivity contribution in [3.05, 3.63) is 24.3 Å². The molecule has 0 atom stereocenters. The van der Waals surface area contributed by atoms with Crippen molar-refractivity contribution in [2.75, 3.05) is 12.2 Å². The fourth-order valence-corrected chi connectivity index (χ4v) is 1.18. The molecule has 0 bridgehead atoms. The lowest BCUT2D eigenvalue weighted by atomic mass is 10.3. The number of hydrogen-bond donors (Lipinski definition) is 1. The van der Waals surface area contributed by atoms with Crippen molar-refractivity contribution < 1.29 is 19.2 Å². The van der Waals surface area contributed by atoms with E-state index in [1.807, 2.05) is 0 Å². The fraction of sp³-hybridized carbons (Fsp3) is 0.111. The molecule has 1 aromatic rings. The Morgan fingerprint density at radius 2 is 2.31 bits per heavy atom. The number of ether oxygens (including phenoxy) is 1. The summed E-state index contributed by atoms with van der Waals surface area (Å²) >= 11 is 0. The van der Waals surface area contributed by atoms with Crippen molar-refractivity contribution in [1.29, 1.82) is 0 Å². The minimum absolute atomic E-state index is 0.0761. The summed E-state index contributed by atoms with van der Waals surface area (Å²) in [6, 6.07) is 6.80. The molecule has 0 saturated carbocycles. The molecule has 16 heavy (non-hydrogen) atoms. The van der Waals surface area contributed by atoms with Crippen molar-refractivity contribution in [3.63, 3.8) is 0 Å². The molecule has 0 unspecified atom stereocenters. The first kappa shape index (κ1) is 10.1. The summed E-state index contributed by atoms with van der Waals surface area (Å²) in [5, 5.41) is 4.38. The number of carbonyl (C=O) groups excluding carboxylic acids is 1. The van der Waals surface area contributed by atoms with Gasteiger partial charge in [0.2, 0.25) is 0 Å². The van der Waals surface area contributed by atoms with Gasteiger partial charge in [-0.15, -0.1) is 5.06 Å². The van der Waals surface area contributed by atoms with E-state index >= 15 is 0 Å². The predicted molar refractivity (Wildman–Crippen MR) is 54.7 cm³/mol.